The number of rotatable bonds is 3. The largest absolute Gasteiger partial charge is 0.350 e. The fourth-order valence-electron chi connectivity index (χ4n) is 4.35. The minimum absolute atomic E-state index is 0.254. The number of aromatic nitrogens is 4. The van der Waals surface area contributed by atoms with E-state index in [1.165, 1.54) is 6.07 Å². The Morgan fingerprint density at radius 3 is 2.40 bits per heavy atom. The number of aryl methyl sites for hydroxylation is 3. The van der Waals surface area contributed by atoms with Crippen molar-refractivity contribution in [1.29, 1.82) is 0 Å². The van der Waals surface area contributed by atoms with Gasteiger partial charge in [0.2, 0.25) is 0 Å². The molecule has 0 atom stereocenters. The molecule has 1 fully saturated rings. The maximum atomic E-state index is 13.8. The molecule has 2 amide bonds. The normalized spacial score (nSPS) is 14.0. The van der Waals surface area contributed by atoms with Crippen LogP contribution in [-0.4, -0.2) is 57.1 Å². The van der Waals surface area contributed by atoms with Crippen LogP contribution in [0.3, 0.4) is 0 Å². The predicted octanol–water partition coefficient (Wildman–Crippen LogP) is 4.89. The molecule has 3 heterocycles. The highest BCUT2D eigenvalue weighted by molar-refractivity contribution is 6.30. The molecule has 180 valence electrons. The number of nitrogens with one attached hydrogen (secondary N) is 1. The van der Waals surface area contributed by atoms with Gasteiger partial charge in [-0.05, 0) is 62.7 Å². The number of nitrogens with zero attached hydrogens (tertiary/aromatic N) is 6. The molecule has 4 aromatic rings. The number of carbonyl (C=O) groups is 1. The Bertz CT molecular complexity index is 1410. The molecule has 1 aliphatic rings. The van der Waals surface area contributed by atoms with Crippen LogP contribution in [0.5, 0.6) is 0 Å². The van der Waals surface area contributed by atoms with Crippen LogP contribution in [0.1, 0.15) is 17.0 Å². The molecule has 35 heavy (non-hydrogen) atoms. The fraction of sp³-hybridized carbons (Fsp3) is 0.280. The number of amides is 2. The highest BCUT2D eigenvalue weighted by Gasteiger charge is 2.26. The number of carbonyl (C=O) groups excluding carboxylic acids is 1. The molecule has 5 rings (SSSR count). The van der Waals surface area contributed by atoms with Gasteiger partial charge in [0.15, 0.2) is 5.82 Å². The second-order valence-electron chi connectivity index (χ2n) is 8.67. The highest BCUT2D eigenvalue weighted by Crippen LogP contribution is 2.30. The lowest BCUT2D eigenvalue weighted by atomic mass is 10.2. The molecule has 1 saturated heterocycles. The van der Waals surface area contributed by atoms with Crippen LogP contribution >= 0.6 is 11.6 Å². The van der Waals surface area contributed by atoms with Crippen molar-refractivity contribution >= 4 is 40.0 Å². The van der Waals surface area contributed by atoms with Gasteiger partial charge in [0.05, 0.1) is 22.5 Å². The van der Waals surface area contributed by atoms with Gasteiger partial charge in [-0.3, -0.25) is 0 Å². The molecule has 0 saturated carbocycles. The van der Waals surface area contributed by atoms with E-state index in [0.717, 1.165) is 28.0 Å². The van der Waals surface area contributed by atoms with Gasteiger partial charge in [-0.1, -0.05) is 17.7 Å². The van der Waals surface area contributed by atoms with E-state index >= 15 is 0 Å². The first-order valence-corrected chi connectivity index (χ1v) is 11.7. The molecule has 0 radical (unpaired) electrons. The number of halogens is 2. The summed E-state index contributed by atoms with van der Waals surface area (Å²) >= 11 is 6.06. The maximum absolute atomic E-state index is 13.8. The lowest BCUT2D eigenvalue weighted by molar-refractivity contribution is 0.208. The first-order valence-electron chi connectivity index (χ1n) is 11.4. The zero-order chi connectivity index (χ0) is 24.7. The predicted molar refractivity (Wildman–Crippen MR) is 135 cm³/mol. The van der Waals surface area contributed by atoms with Crippen molar-refractivity contribution in [3.05, 3.63) is 70.3 Å². The van der Waals surface area contributed by atoms with Crippen LogP contribution in [-0.2, 0) is 0 Å². The molecule has 0 spiro atoms. The van der Waals surface area contributed by atoms with Crippen LogP contribution < -0.4 is 10.2 Å². The van der Waals surface area contributed by atoms with Crippen LogP contribution in [0, 0.1) is 26.6 Å². The number of hydrogen-bond acceptors (Lipinski definition) is 5. The average molecular weight is 494 g/mol. The van der Waals surface area contributed by atoms with Gasteiger partial charge in [-0.2, -0.15) is 10.2 Å². The highest BCUT2D eigenvalue weighted by atomic mass is 35.5. The van der Waals surface area contributed by atoms with E-state index in [2.05, 4.69) is 20.4 Å². The van der Waals surface area contributed by atoms with Gasteiger partial charge in [-0.15, -0.1) is 5.10 Å². The molecule has 2 aromatic carbocycles. The third kappa shape index (κ3) is 4.39. The monoisotopic (exact) mass is 493 g/mol. The van der Waals surface area contributed by atoms with Crippen LogP contribution in [0.2, 0.25) is 5.02 Å². The van der Waals surface area contributed by atoms with E-state index in [9.17, 15) is 9.18 Å². The molecular formula is C25H25ClFN7O. The number of hydrogen-bond donors (Lipinski definition) is 1. The molecule has 2 aromatic heterocycles. The molecule has 0 unspecified atom stereocenters. The fourth-order valence-corrected chi connectivity index (χ4v) is 4.48. The number of anilines is 2. The third-order valence-electron chi connectivity index (χ3n) is 6.35. The van der Waals surface area contributed by atoms with Crippen molar-refractivity contribution < 1.29 is 9.18 Å². The maximum Gasteiger partial charge on any atom is 0.321 e. The number of fused-ring (bicyclic) bond motifs is 1. The molecule has 0 bridgehead atoms. The Morgan fingerprint density at radius 1 is 1.00 bits per heavy atom. The van der Waals surface area contributed by atoms with E-state index in [1.807, 2.05) is 42.8 Å². The van der Waals surface area contributed by atoms with Crippen LogP contribution in [0.25, 0.3) is 16.6 Å². The second kappa shape index (κ2) is 9.14. The summed E-state index contributed by atoms with van der Waals surface area (Å²) in [5.74, 6) is 0.352. The van der Waals surface area contributed by atoms with Gasteiger partial charge in [0.25, 0.3) is 0 Å². The van der Waals surface area contributed by atoms with Gasteiger partial charge < -0.3 is 15.1 Å². The first-order chi connectivity index (χ1) is 16.8. The summed E-state index contributed by atoms with van der Waals surface area (Å²) in [7, 11) is 0. The third-order valence-corrected chi connectivity index (χ3v) is 6.60. The molecule has 10 heteroatoms. The standard InChI is InChI=1S/C25H25ClFN7O/c1-15-4-7-19(14-21(15)27)28-25(35)33-12-10-32(11-13-33)24-23-22(16(2)29-30-24)17(3)34(31-23)20-8-5-18(26)6-9-20/h4-9,14H,10-13H2,1-3H3,(H,28,35). The summed E-state index contributed by atoms with van der Waals surface area (Å²) in [6.07, 6.45) is 0. The van der Waals surface area contributed by atoms with Gasteiger partial charge in [0, 0.05) is 36.9 Å². The van der Waals surface area contributed by atoms with Crippen molar-refractivity contribution in [2.24, 2.45) is 0 Å². The van der Waals surface area contributed by atoms with Crippen molar-refractivity contribution in [3.63, 3.8) is 0 Å². The van der Waals surface area contributed by atoms with E-state index in [0.29, 0.717) is 48.3 Å². The zero-order valence-electron chi connectivity index (χ0n) is 19.7. The van der Waals surface area contributed by atoms with Crippen LogP contribution in [0.15, 0.2) is 42.5 Å². The minimum Gasteiger partial charge on any atom is -0.350 e. The first kappa shape index (κ1) is 23.0. The Morgan fingerprint density at radius 2 is 1.71 bits per heavy atom. The average Bonchev–Trinajstić information content (AvgIpc) is 3.20. The molecule has 0 aliphatic carbocycles. The molecular weight excluding hydrogens is 469 g/mol. The zero-order valence-corrected chi connectivity index (χ0v) is 20.5. The SMILES string of the molecule is Cc1ccc(NC(=O)N2CCN(c3nnc(C)c4c(C)n(-c5ccc(Cl)cc5)nc34)CC2)cc1F. The summed E-state index contributed by atoms with van der Waals surface area (Å²) in [5.41, 5.74) is 4.44. The van der Waals surface area contributed by atoms with E-state index in [-0.39, 0.29) is 11.8 Å². The van der Waals surface area contributed by atoms with Gasteiger partial charge >= 0.3 is 6.03 Å². The van der Waals surface area contributed by atoms with Crippen molar-refractivity contribution in [2.45, 2.75) is 20.8 Å². The number of piperazine rings is 1. The summed E-state index contributed by atoms with van der Waals surface area (Å²) in [6, 6.07) is 11.9. The summed E-state index contributed by atoms with van der Waals surface area (Å²) in [5, 5.41) is 18.1. The van der Waals surface area contributed by atoms with Crippen LogP contribution in [0.4, 0.5) is 20.7 Å². The van der Waals surface area contributed by atoms with Gasteiger partial charge in [0.1, 0.15) is 11.3 Å². The van der Waals surface area contributed by atoms with E-state index in [4.69, 9.17) is 16.7 Å². The smallest absolute Gasteiger partial charge is 0.321 e. The van der Waals surface area contributed by atoms with E-state index in [1.54, 1.807) is 24.0 Å². The lowest BCUT2D eigenvalue weighted by Crippen LogP contribution is -2.50. The minimum atomic E-state index is -0.345. The Hall–Kier alpha value is -3.72. The lowest BCUT2D eigenvalue weighted by Gasteiger charge is -2.35. The van der Waals surface area contributed by atoms with Crippen molar-refractivity contribution in [3.8, 4) is 5.69 Å². The van der Waals surface area contributed by atoms with Gasteiger partial charge in [-0.25, -0.2) is 13.9 Å². The number of urea groups is 1. The van der Waals surface area contributed by atoms with E-state index < -0.39 is 0 Å². The summed E-state index contributed by atoms with van der Waals surface area (Å²) < 4.78 is 15.7. The molecule has 1 N–H and O–H groups in total. The molecule has 1 aliphatic heterocycles. The summed E-state index contributed by atoms with van der Waals surface area (Å²) in [6.45, 7) is 7.77. The van der Waals surface area contributed by atoms with Crippen molar-refractivity contribution in [1.82, 2.24) is 24.9 Å². The second-order valence-corrected chi connectivity index (χ2v) is 9.11. The topological polar surface area (TPSA) is 79.2 Å². The summed E-state index contributed by atoms with van der Waals surface area (Å²) in [4.78, 5) is 16.5. The Kier molecular flexibility index (Phi) is 6.02. The molecule has 8 nitrogen and oxygen atoms in total. The Balaban J connectivity index is 1.35. The quantitative estimate of drug-likeness (QED) is 0.439. The van der Waals surface area contributed by atoms with Crippen molar-refractivity contribution in [2.75, 3.05) is 36.4 Å². The Labute approximate surface area is 207 Å². The number of benzene rings is 2.